The molecule has 0 radical (unpaired) electrons. The van der Waals surface area contributed by atoms with E-state index >= 15 is 0 Å². The first-order valence-corrected chi connectivity index (χ1v) is 9.61. The standard InChI is InChI=1S/C20H28N2O3/c23-20(19-15-24-12-13-25-19)22-11-5-9-18(22)17-8-4-10-21(17)14-16-6-2-1-3-7-16/h1-3,6-7,17-19H,4-5,8-15H2/t17-,18+,19-/m0/s1. The zero-order valence-corrected chi connectivity index (χ0v) is 14.8. The molecule has 136 valence electrons. The number of hydrogen-bond donors (Lipinski definition) is 0. The highest BCUT2D eigenvalue weighted by molar-refractivity contribution is 5.81. The number of rotatable bonds is 4. The SMILES string of the molecule is O=C([C@@H]1COCCO1)N1CCC[C@@H]1[C@@H]1CCCN1Cc1ccccc1. The molecule has 0 aliphatic carbocycles. The van der Waals surface area contributed by atoms with Crippen LogP contribution in [0.3, 0.4) is 0 Å². The maximum absolute atomic E-state index is 12.9. The Kier molecular flexibility index (Phi) is 5.34. The van der Waals surface area contributed by atoms with Crippen LogP contribution < -0.4 is 0 Å². The summed E-state index contributed by atoms with van der Waals surface area (Å²) in [6, 6.07) is 11.5. The van der Waals surface area contributed by atoms with E-state index in [0.717, 1.165) is 32.5 Å². The molecule has 1 aromatic rings. The summed E-state index contributed by atoms with van der Waals surface area (Å²) in [5.41, 5.74) is 1.36. The third-order valence-electron chi connectivity index (χ3n) is 5.76. The molecule has 0 saturated carbocycles. The van der Waals surface area contributed by atoms with Crippen molar-refractivity contribution in [2.24, 2.45) is 0 Å². The summed E-state index contributed by atoms with van der Waals surface area (Å²) in [5, 5.41) is 0. The summed E-state index contributed by atoms with van der Waals surface area (Å²) in [6.07, 6.45) is 4.20. The lowest BCUT2D eigenvalue weighted by Gasteiger charge is -2.37. The summed E-state index contributed by atoms with van der Waals surface area (Å²) in [6.45, 7) is 4.49. The van der Waals surface area contributed by atoms with Gasteiger partial charge in [0.2, 0.25) is 0 Å². The first-order chi connectivity index (χ1) is 12.3. The summed E-state index contributed by atoms with van der Waals surface area (Å²) in [4.78, 5) is 17.6. The second-order valence-corrected chi connectivity index (χ2v) is 7.34. The molecule has 3 aliphatic heterocycles. The third-order valence-corrected chi connectivity index (χ3v) is 5.76. The average Bonchev–Trinajstić information content (AvgIpc) is 3.31. The van der Waals surface area contributed by atoms with Crippen LogP contribution in [0.25, 0.3) is 0 Å². The van der Waals surface area contributed by atoms with Gasteiger partial charge in [-0.15, -0.1) is 0 Å². The van der Waals surface area contributed by atoms with E-state index in [1.54, 1.807) is 0 Å². The van der Waals surface area contributed by atoms with Crippen LogP contribution in [0.1, 0.15) is 31.2 Å². The molecule has 5 heteroatoms. The summed E-state index contributed by atoms with van der Waals surface area (Å²) < 4.78 is 11.1. The van der Waals surface area contributed by atoms with E-state index in [-0.39, 0.29) is 5.91 Å². The lowest BCUT2D eigenvalue weighted by molar-refractivity contribution is -0.159. The van der Waals surface area contributed by atoms with Gasteiger partial charge in [-0.05, 0) is 37.8 Å². The molecule has 3 fully saturated rings. The van der Waals surface area contributed by atoms with E-state index in [1.807, 2.05) is 0 Å². The molecule has 0 spiro atoms. The Labute approximate surface area is 149 Å². The van der Waals surface area contributed by atoms with Crippen LogP contribution in [0.15, 0.2) is 30.3 Å². The van der Waals surface area contributed by atoms with E-state index in [2.05, 4.69) is 40.1 Å². The number of nitrogens with zero attached hydrogens (tertiary/aromatic N) is 2. The van der Waals surface area contributed by atoms with Gasteiger partial charge in [-0.3, -0.25) is 9.69 Å². The van der Waals surface area contributed by atoms with Gasteiger partial charge < -0.3 is 14.4 Å². The highest BCUT2D eigenvalue weighted by atomic mass is 16.6. The minimum Gasteiger partial charge on any atom is -0.376 e. The maximum Gasteiger partial charge on any atom is 0.254 e. The number of carbonyl (C=O) groups is 1. The average molecular weight is 344 g/mol. The monoisotopic (exact) mass is 344 g/mol. The van der Waals surface area contributed by atoms with Gasteiger partial charge >= 0.3 is 0 Å². The van der Waals surface area contributed by atoms with Crippen molar-refractivity contribution in [3.63, 3.8) is 0 Å². The molecule has 4 rings (SSSR count). The van der Waals surface area contributed by atoms with Crippen molar-refractivity contribution in [2.75, 3.05) is 32.9 Å². The zero-order valence-electron chi connectivity index (χ0n) is 14.8. The van der Waals surface area contributed by atoms with Crippen molar-refractivity contribution in [2.45, 2.75) is 50.4 Å². The second kappa shape index (κ2) is 7.85. The minimum atomic E-state index is -0.404. The zero-order chi connectivity index (χ0) is 17.1. The van der Waals surface area contributed by atoms with Crippen molar-refractivity contribution in [3.8, 4) is 0 Å². The number of likely N-dealkylation sites (tertiary alicyclic amines) is 2. The molecule has 3 saturated heterocycles. The van der Waals surface area contributed by atoms with Crippen LogP contribution in [0, 0.1) is 0 Å². The summed E-state index contributed by atoms with van der Waals surface area (Å²) in [7, 11) is 0. The fourth-order valence-corrected chi connectivity index (χ4v) is 4.58. The van der Waals surface area contributed by atoms with Crippen LogP contribution in [0.4, 0.5) is 0 Å². The Hall–Kier alpha value is -1.43. The predicted molar refractivity (Wildman–Crippen MR) is 95.2 cm³/mol. The fourth-order valence-electron chi connectivity index (χ4n) is 4.58. The van der Waals surface area contributed by atoms with Gasteiger partial charge in [0.15, 0.2) is 6.10 Å². The quantitative estimate of drug-likeness (QED) is 0.838. The molecular weight excluding hydrogens is 316 g/mol. The molecule has 0 unspecified atom stereocenters. The van der Waals surface area contributed by atoms with Crippen molar-refractivity contribution in [1.29, 1.82) is 0 Å². The van der Waals surface area contributed by atoms with Crippen molar-refractivity contribution in [1.82, 2.24) is 9.80 Å². The van der Waals surface area contributed by atoms with Crippen molar-refractivity contribution < 1.29 is 14.3 Å². The number of ether oxygens (including phenoxy) is 2. The van der Waals surface area contributed by atoms with Gasteiger partial charge in [0.1, 0.15) is 0 Å². The Morgan fingerprint density at radius 3 is 2.64 bits per heavy atom. The van der Waals surface area contributed by atoms with Gasteiger partial charge in [-0.2, -0.15) is 0 Å². The molecular formula is C20H28N2O3. The number of hydrogen-bond acceptors (Lipinski definition) is 4. The van der Waals surface area contributed by atoms with E-state index < -0.39 is 6.10 Å². The highest BCUT2D eigenvalue weighted by Crippen LogP contribution is 2.31. The van der Waals surface area contributed by atoms with E-state index in [9.17, 15) is 4.79 Å². The Bertz CT molecular complexity index is 574. The van der Waals surface area contributed by atoms with Gasteiger partial charge in [0.25, 0.3) is 5.91 Å². The molecule has 3 atom stereocenters. The van der Waals surface area contributed by atoms with Crippen LogP contribution in [-0.2, 0) is 20.8 Å². The van der Waals surface area contributed by atoms with Crippen molar-refractivity contribution in [3.05, 3.63) is 35.9 Å². The van der Waals surface area contributed by atoms with E-state index in [0.29, 0.717) is 31.9 Å². The number of amides is 1. The first kappa shape index (κ1) is 17.0. The molecule has 25 heavy (non-hydrogen) atoms. The van der Waals surface area contributed by atoms with Crippen LogP contribution in [0.5, 0.6) is 0 Å². The second-order valence-electron chi connectivity index (χ2n) is 7.34. The highest BCUT2D eigenvalue weighted by Gasteiger charge is 2.41. The van der Waals surface area contributed by atoms with Gasteiger partial charge in [-0.1, -0.05) is 30.3 Å². The molecule has 1 aromatic carbocycles. The van der Waals surface area contributed by atoms with Gasteiger partial charge in [0.05, 0.1) is 19.8 Å². The smallest absolute Gasteiger partial charge is 0.254 e. The molecule has 5 nitrogen and oxygen atoms in total. The normalized spacial score (nSPS) is 30.7. The summed E-state index contributed by atoms with van der Waals surface area (Å²) >= 11 is 0. The maximum atomic E-state index is 12.9. The first-order valence-electron chi connectivity index (χ1n) is 9.61. The van der Waals surface area contributed by atoms with E-state index in [4.69, 9.17) is 9.47 Å². The number of benzene rings is 1. The molecule has 1 amide bonds. The van der Waals surface area contributed by atoms with E-state index in [1.165, 1.54) is 18.4 Å². The molecule has 0 N–H and O–H groups in total. The topological polar surface area (TPSA) is 42.0 Å². The third kappa shape index (κ3) is 3.73. The molecule has 0 bridgehead atoms. The Morgan fingerprint density at radius 1 is 1.04 bits per heavy atom. The Balaban J connectivity index is 1.44. The Morgan fingerprint density at radius 2 is 1.84 bits per heavy atom. The van der Waals surface area contributed by atoms with Crippen LogP contribution >= 0.6 is 0 Å². The van der Waals surface area contributed by atoms with Gasteiger partial charge in [-0.25, -0.2) is 0 Å². The fraction of sp³-hybridized carbons (Fsp3) is 0.650. The van der Waals surface area contributed by atoms with Crippen LogP contribution in [0.2, 0.25) is 0 Å². The summed E-state index contributed by atoms with van der Waals surface area (Å²) in [5.74, 6) is 0.133. The van der Waals surface area contributed by atoms with Crippen LogP contribution in [-0.4, -0.2) is 66.8 Å². The lowest BCUT2D eigenvalue weighted by Crippen LogP contribution is -2.52. The molecule has 0 aromatic heterocycles. The molecule has 3 heterocycles. The minimum absolute atomic E-state index is 0.133. The lowest BCUT2D eigenvalue weighted by atomic mass is 10.0. The van der Waals surface area contributed by atoms with Crippen molar-refractivity contribution >= 4 is 5.91 Å². The predicted octanol–water partition coefficient (Wildman–Crippen LogP) is 2.06. The number of carbonyl (C=O) groups excluding carboxylic acids is 1. The molecule has 3 aliphatic rings. The van der Waals surface area contributed by atoms with Gasteiger partial charge in [0, 0.05) is 25.2 Å². The largest absolute Gasteiger partial charge is 0.376 e.